The molecule has 0 amide bonds. The van der Waals surface area contributed by atoms with Crippen LogP contribution in [-0.4, -0.2) is 29.3 Å². The molecule has 3 rings (SSSR count). The van der Waals surface area contributed by atoms with Gasteiger partial charge in [-0.1, -0.05) is 41.5 Å². The van der Waals surface area contributed by atoms with Gasteiger partial charge in [-0.2, -0.15) is 15.3 Å². The second-order valence-electron chi connectivity index (χ2n) is 10.4. The molecule has 30 heavy (non-hydrogen) atoms. The topological polar surface area (TPSA) is 53.5 Å². The second-order valence-corrected chi connectivity index (χ2v) is 10.4. The summed E-state index contributed by atoms with van der Waals surface area (Å²) < 4.78 is 6.07. The van der Waals surface area contributed by atoms with Crippen molar-refractivity contribution in [3.05, 3.63) is 53.9 Å². The second kappa shape index (κ2) is 8.40. The lowest BCUT2D eigenvalue weighted by molar-refractivity contribution is 0.353. The third-order valence-corrected chi connectivity index (χ3v) is 6.41. The van der Waals surface area contributed by atoms with Crippen molar-refractivity contribution in [2.45, 2.75) is 90.6 Å². The molecule has 6 heteroatoms. The highest BCUT2D eigenvalue weighted by Gasteiger charge is 2.27. The van der Waals surface area contributed by atoms with Crippen LogP contribution in [0.25, 0.3) is 0 Å². The smallest absolute Gasteiger partial charge is 0.0527 e. The third kappa shape index (κ3) is 5.02. The Morgan fingerprint density at radius 3 is 2.10 bits per heavy atom. The Morgan fingerprint density at radius 1 is 0.833 bits per heavy atom. The lowest BCUT2D eigenvalue weighted by atomic mass is 9.81. The Hall–Kier alpha value is -2.37. The summed E-state index contributed by atoms with van der Waals surface area (Å²) in [5.41, 5.74) is 3.94. The van der Waals surface area contributed by atoms with Gasteiger partial charge in [-0.05, 0) is 53.2 Å². The molecule has 0 bridgehead atoms. The van der Waals surface area contributed by atoms with Crippen molar-refractivity contribution in [3.8, 4) is 0 Å². The van der Waals surface area contributed by atoms with Gasteiger partial charge < -0.3 is 0 Å². The van der Waals surface area contributed by atoms with Crippen molar-refractivity contribution < 1.29 is 0 Å². The lowest BCUT2D eigenvalue weighted by Gasteiger charge is -2.27. The van der Waals surface area contributed by atoms with Gasteiger partial charge in [0.15, 0.2) is 0 Å². The number of aryl methyl sites for hydroxylation is 2. The fourth-order valence-electron chi connectivity index (χ4n) is 3.99. The summed E-state index contributed by atoms with van der Waals surface area (Å²) >= 11 is 0. The van der Waals surface area contributed by atoms with Crippen molar-refractivity contribution in [2.75, 3.05) is 0 Å². The standard InChI is InChI=1S/C24H38N6/c1-18(2)20-12-27-30(15-20)19(3)11-24(6,7)22-14-26-29(17-22)10-9-23(4,5)21-13-25-28(8)16-21/h12-19H,9-11H2,1-8H3. The van der Waals surface area contributed by atoms with Gasteiger partial charge in [0.25, 0.3) is 0 Å². The van der Waals surface area contributed by atoms with Gasteiger partial charge in [-0.25, -0.2) is 0 Å². The van der Waals surface area contributed by atoms with Crippen molar-refractivity contribution in [3.63, 3.8) is 0 Å². The Morgan fingerprint density at radius 2 is 1.50 bits per heavy atom. The molecule has 3 heterocycles. The SMILES string of the molecule is CC(C)c1cnn(C(C)CC(C)(C)c2cnn(CCC(C)(C)c3cnn(C)c3)c2)c1. The molecule has 1 unspecified atom stereocenters. The lowest BCUT2D eigenvalue weighted by Crippen LogP contribution is -2.22. The van der Waals surface area contributed by atoms with E-state index >= 15 is 0 Å². The number of hydrogen-bond donors (Lipinski definition) is 0. The number of nitrogens with zero attached hydrogens (tertiary/aromatic N) is 6. The maximum Gasteiger partial charge on any atom is 0.0527 e. The van der Waals surface area contributed by atoms with Crippen molar-refractivity contribution in [2.24, 2.45) is 7.05 Å². The molecule has 0 N–H and O–H groups in total. The van der Waals surface area contributed by atoms with Gasteiger partial charge in [-0.3, -0.25) is 14.0 Å². The first-order valence-corrected chi connectivity index (χ1v) is 11.0. The highest BCUT2D eigenvalue weighted by Crippen LogP contribution is 2.33. The Balaban J connectivity index is 1.63. The molecule has 0 aliphatic rings. The van der Waals surface area contributed by atoms with Gasteiger partial charge >= 0.3 is 0 Å². The molecule has 0 saturated heterocycles. The molecule has 6 nitrogen and oxygen atoms in total. The number of rotatable bonds is 9. The molecule has 0 fully saturated rings. The molecular weight excluding hydrogens is 372 g/mol. The first-order chi connectivity index (χ1) is 14.0. The summed E-state index contributed by atoms with van der Waals surface area (Å²) in [7, 11) is 1.97. The van der Waals surface area contributed by atoms with Gasteiger partial charge in [0.2, 0.25) is 0 Å². The minimum absolute atomic E-state index is 0.0283. The predicted octanol–water partition coefficient (Wildman–Crippen LogP) is 5.23. The molecule has 0 radical (unpaired) electrons. The first kappa shape index (κ1) is 22.3. The largest absolute Gasteiger partial charge is 0.276 e. The van der Waals surface area contributed by atoms with Gasteiger partial charge in [0.05, 0.1) is 18.6 Å². The van der Waals surface area contributed by atoms with E-state index in [1.165, 1.54) is 16.7 Å². The van der Waals surface area contributed by atoms with E-state index in [0.717, 1.165) is 19.4 Å². The van der Waals surface area contributed by atoms with Gasteiger partial charge in [-0.15, -0.1) is 0 Å². The van der Waals surface area contributed by atoms with Crippen molar-refractivity contribution in [1.29, 1.82) is 0 Å². The summed E-state index contributed by atoms with van der Waals surface area (Å²) in [6.45, 7) is 16.7. The normalized spacial score (nSPS) is 13.9. The summed E-state index contributed by atoms with van der Waals surface area (Å²) in [5.74, 6) is 0.508. The molecule has 3 aromatic rings. The van der Waals surface area contributed by atoms with E-state index in [1.807, 2.05) is 30.3 Å². The average Bonchev–Trinajstić information content (AvgIpc) is 3.40. The van der Waals surface area contributed by atoms with Gasteiger partial charge in [0, 0.05) is 38.2 Å². The Kier molecular flexibility index (Phi) is 6.25. The van der Waals surface area contributed by atoms with Crippen LogP contribution in [0.2, 0.25) is 0 Å². The molecule has 0 aliphatic carbocycles. The zero-order valence-electron chi connectivity index (χ0n) is 19.9. The zero-order valence-corrected chi connectivity index (χ0v) is 19.9. The van der Waals surface area contributed by atoms with Crippen LogP contribution in [-0.2, 0) is 24.4 Å². The fraction of sp³-hybridized carbons (Fsp3) is 0.625. The van der Waals surface area contributed by atoms with Crippen LogP contribution in [0.1, 0.15) is 90.0 Å². The summed E-state index contributed by atoms with van der Waals surface area (Å²) in [4.78, 5) is 0. The molecule has 3 aromatic heterocycles. The van der Waals surface area contributed by atoms with E-state index in [-0.39, 0.29) is 10.8 Å². The average molecular weight is 411 g/mol. The van der Waals surface area contributed by atoms with Crippen LogP contribution in [0.5, 0.6) is 0 Å². The van der Waals surface area contributed by atoms with E-state index in [4.69, 9.17) is 0 Å². The van der Waals surface area contributed by atoms with Crippen LogP contribution in [0.15, 0.2) is 37.2 Å². The third-order valence-electron chi connectivity index (χ3n) is 6.41. The highest BCUT2D eigenvalue weighted by atomic mass is 15.3. The van der Waals surface area contributed by atoms with Crippen LogP contribution in [0.4, 0.5) is 0 Å². The number of hydrogen-bond acceptors (Lipinski definition) is 3. The van der Waals surface area contributed by atoms with Crippen LogP contribution in [0.3, 0.4) is 0 Å². The van der Waals surface area contributed by atoms with E-state index in [9.17, 15) is 0 Å². The van der Waals surface area contributed by atoms with E-state index in [2.05, 4.69) is 91.7 Å². The predicted molar refractivity (Wildman–Crippen MR) is 122 cm³/mol. The molecule has 0 aromatic carbocycles. The summed E-state index contributed by atoms with van der Waals surface area (Å²) in [5, 5.41) is 13.6. The minimum Gasteiger partial charge on any atom is -0.276 e. The molecule has 0 saturated carbocycles. The van der Waals surface area contributed by atoms with E-state index in [0.29, 0.717) is 12.0 Å². The maximum atomic E-state index is 4.67. The summed E-state index contributed by atoms with van der Waals surface area (Å²) in [6.07, 6.45) is 14.5. The monoisotopic (exact) mass is 410 g/mol. The Bertz CT molecular complexity index is 956. The van der Waals surface area contributed by atoms with Crippen LogP contribution >= 0.6 is 0 Å². The zero-order chi connectivity index (χ0) is 22.1. The minimum atomic E-state index is 0.0283. The molecule has 0 aliphatic heterocycles. The summed E-state index contributed by atoms with van der Waals surface area (Å²) in [6, 6.07) is 0.334. The first-order valence-electron chi connectivity index (χ1n) is 11.0. The number of aromatic nitrogens is 6. The van der Waals surface area contributed by atoms with Crippen molar-refractivity contribution >= 4 is 0 Å². The van der Waals surface area contributed by atoms with Crippen LogP contribution < -0.4 is 0 Å². The Labute approximate surface area is 181 Å². The van der Waals surface area contributed by atoms with E-state index in [1.54, 1.807) is 0 Å². The molecule has 1 atom stereocenters. The molecule has 164 valence electrons. The van der Waals surface area contributed by atoms with Gasteiger partial charge in [0.1, 0.15) is 0 Å². The fourth-order valence-corrected chi connectivity index (χ4v) is 3.99. The molecular formula is C24H38N6. The highest BCUT2D eigenvalue weighted by molar-refractivity contribution is 5.19. The molecule has 0 spiro atoms. The quantitative estimate of drug-likeness (QED) is 0.485. The van der Waals surface area contributed by atoms with Crippen molar-refractivity contribution in [1.82, 2.24) is 29.3 Å². The van der Waals surface area contributed by atoms with Crippen LogP contribution in [0, 0.1) is 0 Å². The maximum absolute atomic E-state index is 4.67. The van der Waals surface area contributed by atoms with E-state index < -0.39 is 0 Å².